The Bertz CT molecular complexity index is 930. The predicted octanol–water partition coefficient (Wildman–Crippen LogP) is 2.33. The summed E-state index contributed by atoms with van der Waals surface area (Å²) in [6.07, 6.45) is 3.16. The molecule has 0 atom stereocenters. The molecule has 0 aliphatic rings. The second-order valence-corrected chi connectivity index (χ2v) is 5.46. The van der Waals surface area contributed by atoms with Crippen molar-refractivity contribution in [2.45, 2.75) is 6.54 Å². The number of amides is 1. The number of pyridine rings is 1. The van der Waals surface area contributed by atoms with E-state index in [1.54, 1.807) is 30.5 Å². The molecule has 0 spiro atoms. The molecular formula is C19H17N5O3. The monoisotopic (exact) mass is 363 g/mol. The Morgan fingerprint density at radius 2 is 1.81 bits per heavy atom. The maximum atomic E-state index is 12.3. The number of methoxy groups -OCH3 is 1. The number of nitrogens with one attached hydrogen (secondary N) is 2. The van der Waals surface area contributed by atoms with Crippen LogP contribution in [0.25, 0.3) is 0 Å². The van der Waals surface area contributed by atoms with Gasteiger partial charge in [0.05, 0.1) is 24.9 Å². The van der Waals surface area contributed by atoms with E-state index in [1.165, 1.54) is 19.4 Å². The predicted molar refractivity (Wildman–Crippen MR) is 98.5 cm³/mol. The smallest absolute Gasteiger partial charge is 0.337 e. The zero-order chi connectivity index (χ0) is 19.1. The first-order chi connectivity index (χ1) is 13.2. The number of hydrogen-bond acceptors (Lipinski definition) is 7. The first-order valence-electron chi connectivity index (χ1n) is 8.12. The second kappa shape index (κ2) is 8.52. The number of aromatic nitrogens is 3. The molecule has 1 aromatic carbocycles. The van der Waals surface area contributed by atoms with Crippen LogP contribution in [0.4, 0.5) is 11.6 Å². The van der Waals surface area contributed by atoms with Gasteiger partial charge in [-0.15, -0.1) is 0 Å². The van der Waals surface area contributed by atoms with Crippen molar-refractivity contribution in [2.75, 3.05) is 12.4 Å². The fourth-order valence-electron chi connectivity index (χ4n) is 2.25. The van der Waals surface area contributed by atoms with Crippen LogP contribution in [0.1, 0.15) is 26.5 Å². The Balaban J connectivity index is 1.64. The second-order valence-electron chi connectivity index (χ2n) is 5.46. The highest BCUT2D eigenvalue weighted by atomic mass is 16.5. The molecule has 0 aliphatic carbocycles. The molecule has 0 saturated heterocycles. The Kier molecular flexibility index (Phi) is 5.68. The van der Waals surface area contributed by atoms with Crippen LogP contribution in [0.2, 0.25) is 0 Å². The number of rotatable bonds is 6. The van der Waals surface area contributed by atoms with Crippen molar-refractivity contribution >= 4 is 23.5 Å². The van der Waals surface area contributed by atoms with Crippen LogP contribution < -0.4 is 10.6 Å². The number of anilines is 2. The van der Waals surface area contributed by atoms with Gasteiger partial charge in [-0.25, -0.2) is 14.8 Å². The van der Waals surface area contributed by atoms with Gasteiger partial charge in [-0.3, -0.25) is 9.78 Å². The first kappa shape index (κ1) is 18.0. The van der Waals surface area contributed by atoms with Crippen molar-refractivity contribution in [3.63, 3.8) is 0 Å². The van der Waals surface area contributed by atoms with Crippen molar-refractivity contribution in [2.24, 2.45) is 0 Å². The van der Waals surface area contributed by atoms with E-state index in [4.69, 9.17) is 0 Å². The van der Waals surface area contributed by atoms with Gasteiger partial charge < -0.3 is 15.4 Å². The molecule has 0 radical (unpaired) electrons. The van der Waals surface area contributed by atoms with Gasteiger partial charge in [-0.1, -0.05) is 6.07 Å². The zero-order valence-electron chi connectivity index (χ0n) is 14.5. The molecule has 27 heavy (non-hydrogen) atoms. The van der Waals surface area contributed by atoms with Crippen LogP contribution in [0.15, 0.2) is 60.9 Å². The lowest BCUT2D eigenvalue weighted by molar-refractivity contribution is 0.0600. The minimum Gasteiger partial charge on any atom is -0.465 e. The maximum absolute atomic E-state index is 12.3. The standard InChI is InChI=1S/C19H17N5O3/c1-27-18(26)13-5-7-14(8-6-13)23-19-21-11-9-16(24-19)17(25)22-12-15-4-2-3-10-20-15/h2-11H,12H2,1H3,(H,22,25)(H,21,23,24). The highest BCUT2D eigenvalue weighted by Crippen LogP contribution is 2.14. The summed E-state index contributed by atoms with van der Waals surface area (Å²) in [5.41, 5.74) is 2.10. The third kappa shape index (κ3) is 4.85. The summed E-state index contributed by atoms with van der Waals surface area (Å²) < 4.78 is 4.66. The lowest BCUT2D eigenvalue weighted by atomic mass is 10.2. The van der Waals surface area contributed by atoms with E-state index in [9.17, 15) is 9.59 Å². The van der Waals surface area contributed by atoms with Gasteiger partial charge in [0.15, 0.2) is 0 Å². The van der Waals surface area contributed by atoms with Gasteiger partial charge in [0.2, 0.25) is 5.95 Å². The summed E-state index contributed by atoms with van der Waals surface area (Å²) in [6, 6.07) is 13.7. The summed E-state index contributed by atoms with van der Waals surface area (Å²) in [5.74, 6) is -0.470. The minimum atomic E-state index is -0.413. The molecule has 0 aliphatic heterocycles. The summed E-state index contributed by atoms with van der Waals surface area (Å²) in [5, 5.41) is 5.75. The van der Waals surface area contributed by atoms with E-state index in [0.29, 0.717) is 17.8 Å². The number of benzene rings is 1. The SMILES string of the molecule is COC(=O)c1ccc(Nc2nccc(C(=O)NCc3ccccn3)n2)cc1. The van der Waals surface area contributed by atoms with Crippen molar-refractivity contribution in [3.05, 3.63) is 77.9 Å². The van der Waals surface area contributed by atoms with Gasteiger partial charge in [-0.05, 0) is 42.5 Å². The molecule has 0 bridgehead atoms. The van der Waals surface area contributed by atoms with Crippen LogP contribution in [-0.2, 0) is 11.3 Å². The molecule has 2 heterocycles. The van der Waals surface area contributed by atoms with E-state index in [1.807, 2.05) is 18.2 Å². The molecule has 3 aromatic rings. The lowest BCUT2D eigenvalue weighted by Crippen LogP contribution is -2.24. The van der Waals surface area contributed by atoms with E-state index in [-0.39, 0.29) is 17.5 Å². The Hall–Kier alpha value is -3.81. The van der Waals surface area contributed by atoms with Gasteiger partial charge in [0, 0.05) is 18.1 Å². The molecule has 136 valence electrons. The highest BCUT2D eigenvalue weighted by molar-refractivity contribution is 5.92. The van der Waals surface area contributed by atoms with Crippen LogP contribution in [0.5, 0.6) is 0 Å². The van der Waals surface area contributed by atoms with Gasteiger partial charge in [0.25, 0.3) is 5.91 Å². The van der Waals surface area contributed by atoms with Gasteiger partial charge in [0.1, 0.15) is 5.69 Å². The van der Waals surface area contributed by atoms with Crippen LogP contribution >= 0.6 is 0 Å². The highest BCUT2D eigenvalue weighted by Gasteiger charge is 2.10. The first-order valence-corrected chi connectivity index (χ1v) is 8.12. The third-order valence-corrected chi connectivity index (χ3v) is 3.61. The fraction of sp³-hybridized carbons (Fsp3) is 0.105. The largest absolute Gasteiger partial charge is 0.465 e. The van der Waals surface area contributed by atoms with Crippen LogP contribution in [-0.4, -0.2) is 33.9 Å². The van der Waals surface area contributed by atoms with Crippen LogP contribution in [0, 0.1) is 0 Å². The van der Waals surface area contributed by atoms with Crippen LogP contribution in [0.3, 0.4) is 0 Å². The van der Waals surface area contributed by atoms with Crippen molar-refractivity contribution in [1.82, 2.24) is 20.3 Å². The fourth-order valence-corrected chi connectivity index (χ4v) is 2.25. The van der Waals surface area contributed by atoms with E-state index in [2.05, 4.69) is 30.3 Å². The molecule has 2 aromatic heterocycles. The Labute approximate surface area is 155 Å². The average Bonchev–Trinajstić information content (AvgIpc) is 2.73. The maximum Gasteiger partial charge on any atom is 0.337 e. The topological polar surface area (TPSA) is 106 Å². The summed E-state index contributed by atoms with van der Waals surface area (Å²) in [6.45, 7) is 0.307. The third-order valence-electron chi connectivity index (χ3n) is 3.61. The molecule has 0 saturated carbocycles. The number of ether oxygens (including phenoxy) is 1. The molecule has 0 fully saturated rings. The van der Waals surface area contributed by atoms with Crippen molar-refractivity contribution in [3.8, 4) is 0 Å². The lowest BCUT2D eigenvalue weighted by Gasteiger charge is -2.08. The zero-order valence-corrected chi connectivity index (χ0v) is 14.5. The molecule has 8 nitrogen and oxygen atoms in total. The normalized spacial score (nSPS) is 10.1. The van der Waals surface area contributed by atoms with Gasteiger partial charge in [-0.2, -0.15) is 0 Å². The average molecular weight is 363 g/mol. The molecule has 3 rings (SSSR count). The quantitative estimate of drug-likeness (QED) is 0.647. The summed E-state index contributed by atoms with van der Waals surface area (Å²) >= 11 is 0. The van der Waals surface area contributed by atoms with Gasteiger partial charge >= 0.3 is 5.97 Å². The minimum absolute atomic E-state index is 0.231. The molecule has 8 heteroatoms. The molecule has 0 unspecified atom stereocenters. The van der Waals surface area contributed by atoms with E-state index < -0.39 is 5.97 Å². The summed E-state index contributed by atoms with van der Waals surface area (Å²) in [7, 11) is 1.33. The Morgan fingerprint density at radius 3 is 2.52 bits per heavy atom. The van der Waals surface area contributed by atoms with E-state index >= 15 is 0 Å². The molecule has 1 amide bonds. The molecule has 2 N–H and O–H groups in total. The summed E-state index contributed by atoms with van der Waals surface area (Å²) in [4.78, 5) is 36.2. The van der Waals surface area contributed by atoms with Crippen molar-refractivity contribution < 1.29 is 14.3 Å². The Morgan fingerprint density at radius 1 is 1.00 bits per heavy atom. The van der Waals surface area contributed by atoms with E-state index in [0.717, 1.165) is 5.69 Å². The van der Waals surface area contributed by atoms with Crippen molar-refractivity contribution in [1.29, 1.82) is 0 Å². The number of carbonyl (C=O) groups excluding carboxylic acids is 2. The number of nitrogens with zero attached hydrogens (tertiary/aromatic N) is 3. The molecular weight excluding hydrogens is 346 g/mol. The number of carbonyl (C=O) groups is 2. The number of esters is 1. The number of hydrogen-bond donors (Lipinski definition) is 2.